The maximum atomic E-state index is 8.99. The van der Waals surface area contributed by atoms with Gasteiger partial charge >= 0.3 is 0 Å². The molecule has 0 radical (unpaired) electrons. The predicted molar refractivity (Wildman–Crippen MR) is 66.0 cm³/mol. The van der Waals surface area contributed by atoms with E-state index in [1.54, 1.807) is 0 Å². The molecular formula is C15H24O. The Morgan fingerprint density at radius 1 is 1.31 bits per heavy atom. The first-order chi connectivity index (χ1) is 7.54. The molecule has 4 saturated carbocycles. The highest BCUT2D eigenvalue weighted by Gasteiger charge is 2.80. The van der Waals surface area contributed by atoms with Gasteiger partial charge in [0.25, 0.3) is 0 Å². The fourth-order valence-corrected chi connectivity index (χ4v) is 5.19. The molecule has 4 aliphatic carbocycles. The van der Waals surface area contributed by atoms with E-state index >= 15 is 0 Å². The van der Waals surface area contributed by atoms with Crippen molar-refractivity contribution in [3.63, 3.8) is 0 Å². The quantitative estimate of drug-likeness (QED) is 0.720. The molecule has 0 amide bonds. The van der Waals surface area contributed by atoms with Crippen LogP contribution in [0.3, 0.4) is 0 Å². The zero-order chi connectivity index (χ0) is 11.6. The van der Waals surface area contributed by atoms with Crippen molar-refractivity contribution in [2.24, 2.45) is 28.6 Å². The van der Waals surface area contributed by atoms with E-state index in [-0.39, 0.29) is 6.61 Å². The molecule has 90 valence electrons. The van der Waals surface area contributed by atoms with Crippen LogP contribution in [0.15, 0.2) is 11.6 Å². The van der Waals surface area contributed by atoms with Crippen molar-refractivity contribution in [3.05, 3.63) is 11.6 Å². The summed E-state index contributed by atoms with van der Waals surface area (Å²) in [6.07, 6.45) is 7.76. The third-order valence-corrected chi connectivity index (χ3v) is 6.53. The van der Waals surface area contributed by atoms with Crippen molar-refractivity contribution in [2.75, 3.05) is 6.61 Å². The summed E-state index contributed by atoms with van der Waals surface area (Å²) in [5.41, 5.74) is 2.43. The molecule has 0 aromatic carbocycles. The first-order valence-corrected chi connectivity index (χ1v) is 6.80. The Kier molecular flexibility index (Phi) is 2.12. The van der Waals surface area contributed by atoms with Crippen LogP contribution < -0.4 is 0 Å². The minimum atomic E-state index is 0.225. The summed E-state index contributed by atoms with van der Waals surface area (Å²) in [4.78, 5) is 0. The Bertz CT molecular complexity index is 331. The molecule has 4 rings (SSSR count). The zero-order valence-electron chi connectivity index (χ0n) is 10.8. The van der Waals surface area contributed by atoms with Gasteiger partial charge in [-0.15, -0.1) is 0 Å². The molecule has 1 nitrogen and oxygen atoms in total. The molecule has 0 saturated heterocycles. The van der Waals surface area contributed by atoms with E-state index in [9.17, 15) is 0 Å². The number of aliphatic hydroxyl groups is 1. The van der Waals surface area contributed by atoms with Crippen LogP contribution >= 0.6 is 0 Å². The first-order valence-electron chi connectivity index (χ1n) is 6.80. The van der Waals surface area contributed by atoms with Crippen LogP contribution in [0, 0.1) is 28.6 Å². The van der Waals surface area contributed by atoms with Crippen LogP contribution in [0.5, 0.6) is 0 Å². The van der Waals surface area contributed by atoms with Crippen molar-refractivity contribution < 1.29 is 5.11 Å². The first kappa shape index (κ1) is 10.8. The van der Waals surface area contributed by atoms with Gasteiger partial charge in [-0.05, 0) is 61.2 Å². The average molecular weight is 220 g/mol. The Hall–Kier alpha value is -0.300. The van der Waals surface area contributed by atoms with E-state index in [0.29, 0.717) is 10.8 Å². The van der Waals surface area contributed by atoms with Gasteiger partial charge in [-0.1, -0.05) is 25.5 Å². The van der Waals surface area contributed by atoms with Crippen molar-refractivity contribution in [2.45, 2.75) is 46.5 Å². The molecule has 0 aliphatic heterocycles. The van der Waals surface area contributed by atoms with Crippen molar-refractivity contribution in [1.29, 1.82) is 0 Å². The highest BCUT2D eigenvalue weighted by atomic mass is 16.3. The van der Waals surface area contributed by atoms with E-state index in [1.807, 2.05) is 6.92 Å². The van der Waals surface area contributed by atoms with Crippen LogP contribution in [0.4, 0.5) is 0 Å². The lowest BCUT2D eigenvalue weighted by Crippen LogP contribution is -2.26. The van der Waals surface area contributed by atoms with Gasteiger partial charge in [0.2, 0.25) is 0 Å². The Labute approximate surface area is 98.9 Å². The minimum Gasteiger partial charge on any atom is -0.392 e. The number of allylic oxidation sites excluding steroid dienone is 1. The number of hydrogen-bond acceptors (Lipinski definition) is 1. The molecule has 2 unspecified atom stereocenters. The molecule has 4 bridgehead atoms. The highest BCUT2D eigenvalue weighted by molar-refractivity contribution is 5.29. The van der Waals surface area contributed by atoms with E-state index in [0.717, 1.165) is 29.7 Å². The third kappa shape index (κ3) is 1.06. The van der Waals surface area contributed by atoms with Gasteiger partial charge in [0, 0.05) is 0 Å². The summed E-state index contributed by atoms with van der Waals surface area (Å²) in [5, 5.41) is 8.99. The summed E-state index contributed by atoms with van der Waals surface area (Å²) in [6.45, 7) is 7.33. The second-order valence-corrected chi connectivity index (χ2v) is 6.83. The Balaban J connectivity index is 1.68. The second-order valence-electron chi connectivity index (χ2n) is 6.83. The molecule has 0 aromatic heterocycles. The lowest BCUT2D eigenvalue weighted by atomic mass is 9.71. The normalized spacial score (nSPS) is 53.5. The van der Waals surface area contributed by atoms with E-state index in [1.165, 1.54) is 19.3 Å². The van der Waals surface area contributed by atoms with Gasteiger partial charge in [0.1, 0.15) is 0 Å². The van der Waals surface area contributed by atoms with Crippen LogP contribution in [0.25, 0.3) is 0 Å². The van der Waals surface area contributed by atoms with Gasteiger partial charge in [0.05, 0.1) is 6.61 Å². The van der Waals surface area contributed by atoms with Gasteiger partial charge in [-0.2, -0.15) is 0 Å². The standard InChI is InChI=1S/C15H24O/c1-10(9-16)5-4-6-14(2)11-7-12-13(8-11)15(12,14)3/h5,11-13,16H,4,6-9H2,1-3H3/b10-5+/t11?,12-,13+,14-,15?/m0/s1. The zero-order valence-corrected chi connectivity index (χ0v) is 10.8. The van der Waals surface area contributed by atoms with Crippen LogP contribution in [-0.2, 0) is 0 Å². The number of rotatable bonds is 4. The van der Waals surface area contributed by atoms with E-state index in [4.69, 9.17) is 5.11 Å². The summed E-state index contributed by atoms with van der Waals surface area (Å²) < 4.78 is 0. The Morgan fingerprint density at radius 2 is 1.94 bits per heavy atom. The lowest BCUT2D eigenvalue weighted by molar-refractivity contribution is 0.154. The van der Waals surface area contributed by atoms with Crippen LogP contribution in [0.1, 0.15) is 46.5 Å². The molecule has 0 spiro atoms. The fraction of sp³-hybridized carbons (Fsp3) is 0.867. The topological polar surface area (TPSA) is 20.2 Å². The monoisotopic (exact) mass is 220 g/mol. The van der Waals surface area contributed by atoms with Gasteiger partial charge < -0.3 is 5.11 Å². The fourth-order valence-electron chi connectivity index (χ4n) is 5.19. The molecule has 1 N–H and O–H groups in total. The lowest BCUT2D eigenvalue weighted by Gasteiger charge is -2.34. The summed E-state index contributed by atoms with van der Waals surface area (Å²) >= 11 is 0. The van der Waals surface area contributed by atoms with Crippen molar-refractivity contribution >= 4 is 0 Å². The largest absolute Gasteiger partial charge is 0.392 e. The number of aliphatic hydroxyl groups excluding tert-OH is 1. The number of hydrogen-bond donors (Lipinski definition) is 1. The molecule has 0 heterocycles. The van der Waals surface area contributed by atoms with Crippen molar-refractivity contribution in [1.82, 2.24) is 0 Å². The Morgan fingerprint density at radius 3 is 2.38 bits per heavy atom. The van der Waals surface area contributed by atoms with Crippen molar-refractivity contribution in [3.8, 4) is 0 Å². The second kappa shape index (κ2) is 3.13. The van der Waals surface area contributed by atoms with Gasteiger partial charge in [-0.25, -0.2) is 0 Å². The molecule has 16 heavy (non-hydrogen) atoms. The predicted octanol–water partition coefficient (Wildman–Crippen LogP) is 3.39. The maximum absolute atomic E-state index is 8.99. The van der Waals surface area contributed by atoms with Crippen LogP contribution in [-0.4, -0.2) is 11.7 Å². The highest BCUT2D eigenvalue weighted by Crippen LogP contribution is 2.87. The SMILES string of the molecule is C/C(=C\CC[C@@]1(C)C2C[C@@H]3[C@H](C2)C31C)CO. The molecule has 1 heteroatoms. The summed E-state index contributed by atoms with van der Waals surface area (Å²) in [7, 11) is 0. The maximum Gasteiger partial charge on any atom is 0.0639 e. The average Bonchev–Trinajstić information content (AvgIpc) is 2.62. The molecule has 4 aliphatic rings. The molecule has 0 aromatic rings. The summed E-state index contributed by atoms with van der Waals surface area (Å²) in [5.74, 6) is 3.16. The minimum absolute atomic E-state index is 0.225. The third-order valence-electron chi connectivity index (χ3n) is 6.53. The summed E-state index contributed by atoms with van der Waals surface area (Å²) in [6, 6.07) is 0. The molecular weight excluding hydrogens is 196 g/mol. The smallest absolute Gasteiger partial charge is 0.0639 e. The van der Waals surface area contributed by atoms with Gasteiger partial charge in [0.15, 0.2) is 0 Å². The molecule has 4 fully saturated rings. The van der Waals surface area contributed by atoms with E-state index in [2.05, 4.69) is 19.9 Å². The molecule has 5 atom stereocenters. The van der Waals surface area contributed by atoms with Gasteiger partial charge in [-0.3, -0.25) is 0 Å². The van der Waals surface area contributed by atoms with Crippen LogP contribution in [0.2, 0.25) is 0 Å². The van der Waals surface area contributed by atoms with E-state index < -0.39 is 0 Å².